The summed E-state index contributed by atoms with van der Waals surface area (Å²) >= 11 is 3.32. The summed E-state index contributed by atoms with van der Waals surface area (Å²) in [5.74, 6) is -0.963. The van der Waals surface area contributed by atoms with Crippen LogP contribution in [0.4, 0.5) is 0 Å². The third kappa shape index (κ3) is 2.39. The predicted molar refractivity (Wildman–Crippen MR) is 67.8 cm³/mol. The lowest BCUT2D eigenvalue weighted by Gasteiger charge is -2.03. The predicted octanol–water partition coefficient (Wildman–Crippen LogP) is 3.72. The molecule has 0 fully saturated rings. The van der Waals surface area contributed by atoms with Crippen LogP contribution in [0.3, 0.4) is 0 Å². The van der Waals surface area contributed by atoms with E-state index in [1.165, 1.54) is 6.20 Å². The summed E-state index contributed by atoms with van der Waals surface area (Å²) < 4.78 is 0.773. The fourth-order valence-corrected chi connectivity index (χ4v) is 1.95. The number of hydrogen-bond acceptors (Lipinski definition) is 2. The highest BCUT2D eigenvalue weighted by molar-refractivity contribution is 9.10. The normalized spacial score (nSPS) is 9.44. The van der Waals surface area contributed by atoms with Gasteiger partial charge in [0.15, 0.2) is 0 Å². The summed E-state index contributed by atoms with van der Waals surface area (Å²) in [6, 6.07) is 5.49. The molecule has 16 heavy (non-hydrogen) atoms. The van der Waals surface area contributed by atoms with E-state index in [0.29, 0.717) is 5.39 Å². The minimum atomic E-state index is -0.963. The molecule has 0 atom stereocenters. The van der Waals surface area contributed by atoms with Crippen LogP contribution in [0.5, 0.6) is 0 Å². The number of carboxylic acids is 1. The largest absolute Gasteiger partial charge is 0.478 e. The third-order valence-corrected chi connectivity index (χ3v) is 2.62. The summed E-state index contributed by atoms with van der Waals surface area (Å²) in [5.41, 5.74) is 0.218. The Balaban J connectivity index is 0.000000606. The van der Waals surface area contributed by atoms with Gasteiger partial charge in [-0.1, -0.05) is 41.9 Å². The highest BCUT2D eigenvalue weighted by Crippen LogP contribution is 2.26. The van der Waals surface area contributed by atoms with Crippen LogP contribution in [-0.2, 0) is 0 Å². The van der Waals surface area contributed by atoms with Gasteiger partial charge in [0, 0.05) is 27.6 Å². The second kappa shape index (κ2) is 5.61. The molecule has 0 radical (unpaired) electrons. The molecule has 1 heterocycles. The first-order valence-electron chi connectivity index (χ1n) is 4.95. The standard InChI is InChI=1S/C10H6BrNO2.C2H6/c11-8-3-1-2-6-4-12-5-7(9(6)8)10(13)14;1-2/h1-5H,(H,13,14);1-2H3. The minimum absolute atomic E-state index is 0.218. The monoisotopic (exact) mass is 281 g/mol. The molecule has 0 saturated heterocycles. The smallest absolute Gasteiger partial charge is 0.337 e. The Morgan fingerprint density at radius 2 is 2.00 bits per heavy atom. The van der Waals surface area contributed by atoms with Crippen molar-refractivity contribution >= 4 is 32.7 Å². The number of carboxylic acid groups (broad SMARTS) is 1. The fraction of sp³-hybridized carbons (Fsp3) is 0.167. The highest BCUT2D eigenvalue weighted by atomic mass is 79.9. The lowest BCUT2D eigenvalue weighted by molar-refractivity contribution is 0.0698. The average molecular weight is 282 g/mol. The molecule has 4 heteroatoms. The Morgan fingerprint density at radius 3 is 2.62 bits per heavy atom. The molecule has 1 aromatic heterocycles. The zero-order valence-electron chi connectivity index (χ0n) is 9.07. The number of carbonyl (C=O) groups is 1. The van der Waals surface area contributed by atoms with E-state index in [2.05, 4.69) is 20.9 Å². The maximum absolute atomic E-state index is 10.9. The van der Waals surface area contributed by atoms with Gasteiger partial charge >= 0.3 is 5.97 Å². The molecule has 2 rings (SSSR count). The van der Waals surface area contributed by atoms with E-state index in [9.17, 15) is 4.79 Å². The lowest BCUT2D eigenvalue weighted by Crippen LogP contribution is -1.98. The van der Waals surface area contributed by atoms with Crippen molar-refractivity contribution in [3.8, 4) is 0 Å². The molecule has 0 amide bonds. The van der Waals surface area contributed by atoms with Crippen LogP contribution in [-0.4, -0.2) is 16.1 Å². The van der Waals surface area contributed by atoms with Gasteiger partial charge in [0.2, 0.25) is 0 Å². The summed E-state index contributed by atoms with van der Waals surface area (Å²) in [6.45, 7) is 4.00. The molecule has 84 valence electrons. The molecule has 0 spiro atoms. The zero-order chi connectivity index (χ0) is 12.1. The van der Waals surface area contributed by atoms with E-state index in [0.717, 1.165) is 9.86 Å². The van der Waals surface area contributed by atoms with Gasteiger partial charge in [0.05, 0.1) is 5.56 Å². The lowest BCUT2D eigenvalue weighted by atomic mass is 10.1. The average Bonchev–Trinajstić information content (AvgIpc) is 2.31. The van der Waals surface area contributed by atoms with Crippen LogP contribution in [0.15, 0.2) is 35.1 Å². The molecule has 1 aromatic carbocycles. The van der Waals surface area contributed by atoms with Crippen molar-refractivity contribution in [3.63, 3.8) is 0 Å². The number of fused-ring (bicyclic) bond motifs is 1. The van der Waals surface area contributed by atoms with Crippen LogP contribution in [0.1, 0.15) is 24.2 Å². The molecule has 1 N–H and O–H groups in total. The Hall–Kier alpha value is -1.42. The number of halogens is 1. The van der Waals surface area contributed by atoms with E-state index in [1.54, 1.807) is 6.20 Å². The Kier molecular flexibility index (Phi) is 4.43. The first-order valence-corrected chi connectivity index (χ1v) is 5.75. The Labute approximate surface area is 102 Å². The second-order valence-corrected chi connectivity index (χ2v) is 3.68. The molecular weight excluding hydrogens is 270 g/mol. The van der Waals surface area contributed by atoms with Gasteiger partial charge in [-0.05, 0) is 6.07 Å². The number of hydrogen-bond donors (Lipinski definition) is 1. The van der Waals surface area contributed by atoms with E-state index < -0.39 is 5.97 Å². The number of benzene rings is 1. The van der Waals surface area contributed by atoms with Crippen LogP contribution in [0.2, 0.25) is 0 Å². The van der Waals surface area contributed by atoms with Crippen molar-refractivity contribution in [2.75, 3.05) is 0 Å². The van der Waals surface area contributed by atoms with Gasteiger partial charge in [-0.3, -0.25) is 4.98 Å². The first kappa shape index (κ1) is 12.6. The van der Waals surface area contributed by atoms with Crippen LogP contribution < -0.4 is 0 Å². The van der Waals surface area contributed by atoms with Crippen LogP contribution >= 0.6 is 15.9 Å². The quantitative estimate of drug-likeness (QED) is 0.867. The molecule has 0 unspecified atom stereocenters. The number of nitrogens with zero attached hydrogens (tertiary/aromatic N) is 1. The van der Waals surface area contributed by atoms with E-state index in [-0.39, 0.29) is 5.56 Å². The molecule has 0 aliphatic carbocycles. The molecule has 3 nitrogen and oxygen atoms in total. The summed E-state index contributed by atoms with van der Waals surface area (Å²) in [6.07, 6.45) is 3.00. The summed E-state index contributed by atoms with van der Waals surface area (Å²) in [7, 11) is 0. The van der Waals surface area contributed by atoms with Crippen molar-refractivity contribution in [2.24, 2.45) is 0 Å². The van der Waals surface area contributed by atoms with E-state index in [4.69, 9.17) is 5.11 Å². The zero-order valence-corrected chi connectivity index (χ0v) is 10.7. The van der Waals surface area contributed by atoms with Crippen molar-refractivity contribution in [2.45, 2.75) is 13.8 Å². The Bertz CT molecular complexity index is 506. The van der Waals surface area contributed by atoms with Gasteiger partial charge in [-0.15, -0.1) is 0 Å². The Morgan fingerprint density at radius 1 is 1.31 bits per heavy atom. The fourth-order valence-electron chi connectivity index (χ4n) is 1.35. The SMILES string of the molecule is CC.O=C(O)c1cncc2cccc(Br)c12. The van der Waals surface area contributed by atoms with Crippen LogP contribution in [0.25, 0.3) is 10.8 Å². The number of aromatic carboxylic acids is 1. The molecular formula is C12H12BrNO2. The molecule has 0 saturated carbocycles. The van der Waals surface area contributed by atoms with Crippen molar-refractivity contribution < 1.29 is 9.90 Å². The highest BCUT2D eigenvalue weighted by Gasteiger charge is 2.10. The molecule has 0 aliphatic rings. The van der Waals surface area contributed by atoms with Gasteiger partial charge in [0.1, 0.15) is 0 Å². The minimum Gasteiger partial charge on any atom is -0.478 e. The third-order valence-electron chi connectivity index (χ3n) is 1.96. The second-order valence-electron chi connectivity index (χ2n) is 2.83. The van der Waals surface area contributed by atoms with E-state index >= 15 is 0 Å². The number of aromatic nitrogens is 1. The maximum atomic E-state index is 10.9. The molecule has 0 bridgehead atoms. The van der Waals surface area contributed by atoms with Gasteiger partial charge in [0.25, 0.3) is 0 Å². The molecule has 2 aromatic rings. The van der Waals surface area contributed by atoms with Gasteiger partial charge < -0.3 is 5.11 Å². The van der Waals surface area contributed by atoms with Gasteiger partial charge in [-0.25, -0.2) is 4.79 Å². The van der Waals surface area contributed by atoms with E-state index in [1.807, 2.05) is 32.0 Å². The van der Waals surface area contributed by atoms with Crippen molar-refractivity contribution in [1.82, 2.24) is 4.98 Å². The first-order chi connectivity index (χ1) is 7.70. The number of pyridine rings is 1. The van der Waals surface area contributed by atoms with Crippen molar-refractivity contribution in [1.29, 1.82) is 0 Å². The van der Waals surface area contributed by atoms with Gasteiger partial charge in [-0.2, -0.15) is 0 Å². The number of rotatable bonds is 1. The molecule has 0 aliphatic heterocycles. The summed E-state index contributed by atoms with van der Waals surface area (Å²) in [4.78, 5) is 14.8. The summed E-state index contributed by atoms with van der Waals surface area (Å²) in [5, 5.41) is 10.5. The topological polar surface area (TPSA) is 50.2 Å². The maximum Gasteiger partial charge on any atom is 0.337 e. The van der Waals surface area contributed by atoms with Crippen LogP contribution in [0, 0.1) is 0 Å². The van der Waals surface area contributed by atoms with Crippen molar-refractivity contribution in [3.05, 3.63) is 40.6 Å².